The molecule has 1 nitrogen and oxygen atoms in total. The monoisotopic (exact) mass is 282 g/mol. The summed E-state index contributed by atoms with van der Waals surface area (Å²) in [5.74, 6) is 0.446. The molecule has 0 bridgehead atoms. The first kappa shape index (κ1) is 19.7. The van der Waals surface area contributed by atoms with Crippen LogP contribution in [0.3, 0.4) is 0 Å². The first-order chi connectivity index (χ1) is 8.65. The Kier molecular flexibility index (Phi) is 6.09. The number of Topliss-reactive ketones (excluding diaryl/α,β-unsaturated/α-hetero) is 1. The molecule has 0 aromatic rings. The molecule has 0 aromatic carbocycles. The van der Waals surface area contributed by atoms with Gasteiger partial charge in [-0.05, 0) is 29.1 Å². The van der Waals surface area contributed by atoms with Crippen LogP contribution in [0.15, 0.2) is 0 Å². The van der Waals surface area contributed by atoms with Crippen LogP contribution in [0.2, 0.25) is 0 Å². The lowest BCUT2D eigenvalue weighted by atomic mass is 9.58. The van der Waals surface area contributed by atoms with Gasteiger partial charge < -0.3 is 0 Å². The van der Waals surface area contributed by atoms with Crippen molar-refractivity contribution in [3.63, 3.8) is 0 Å². The maximum atomic E-state index is 13.0. The van der Waals surface area contributed by atoms with Crippen molar-refractivity contribution in [2.75, 3.05) is 0 Å². The molecule has 0 aliphatic carbocycles. The van der Waals surface area contributed by atoms with Crippen LogP contribution in [-0.4, -0.2) is 5.78 Å². The van der Waals surface area contributed by atoms with Crippen molar-refractivity contribution in [2.24, 2.45) is 21.7 Å². The second kappa shape index (κ2) is 6.20. The average molecular weight is 283 g/mol. The summed E-state index contributed by atoms with van der Waals surface area (Å²) >= 11 is 0. The van der Waals surface area contributed by atoms with E-state index in [2.05, 4.69) is 69.2 Å². The predicted octanol–water partition coefficient (Wildman–Crippen LogP) is 6.26. The van der Waals surface area contributed by atoms with E-state index >= 15 is 0 Å². The van der Waals surface area contributed by atoms with Crippen LogP contribution in [0.1, 0.15) is 94.9 Å². The van der Waals surface area contributed by atoms with Crippen molar-refractivity contribution in [1.29, 1.82) is 0 Å². The van der Waals surface area contributed by atoms with Crippen LogP contribution >= 0.6 is 0 Å². The average Bonchev–Trinajstić information content (AvgIpc) is 2.22. The van der Waals surface area contributed by atoms with Gasteiger partial charge in [0.1, 0.15) is 5.78 Å². The number of carbonyl (C=O) groups is 1. The lowest BCUT2D eigenvalue weighted by Crippen LogP contribution is -2.43. The molecule has 0 fully saturated rings. The van der Waals surface area contributed by atoms with Gasteiger partial charge in [0.2, 0.25) is 0 Å². The number of rotatable bonds is 6. The molecule has 0 rings (SSSR count). The normalized spacial score (nSPS) is 16.9. The number of ketones is 1. The van der Waals surface area contributed by atoms with E-state index in [4.69, 9.17) is 0 Å². The summed E-state index contributed by atoms with van der Waals surface area (Å²) in [4.78, 5) is 13.0. The molecule has 120 valence electrons. The Hall–Kier alpha value is -0.330. The Balaban J connectivity index is 5.12. The fraction of sp³-hybridized carbons (Fsp3) is 0.947. The Morgan fingerprint density at radius 3 is 1.60 bits per heavy atom. The lowest BCUT2D eigenvalue weighted by Gasteiger charge is -2.45. The quantitative estimate of drug-likeness (QED) is 0.562. The molecule has 0 radical (unpaired) electrons. The van der Waals surface area contributed by atoms with Crippen LogP contribution in [-0.2, 0) is 4.79 Å². The lowest BCUT2D eigenvalue weighted by molar-refractivity contribution is -0.137. The van der Waals surface area contributed by atoms with Gasteiger partial charge in [0.05, 0.1) is 0 Å². The third kappa shape index (κ3) is 5.58. The van der Waals surface area contributed by atoms with Crippen molar-refractivity contribution in [2.45, 2.75) is 94.9 Å². The first-order valence-electron chi connectivity index (χ1n) is 8.18. The van der Waals surface area contributed by atoms with E-state index in [1.165, 1.54) is 0 Å². The molecule has 0 amide bonds. The largest absolute Gasteiger partial charge is 0.299 e. The van der Waals surface area contributed by atoms with Gasteiger partial charge in [-0.1, -0.05) is 75.7 Å². The highest BCUT2D eigenvalue weighted by molar-refractivity contribution is 5.85. The van der Waals surface area contributed by atoms with E-state index in [0.717, 1.165) is 19.3 Å². The van der Waals surface area contributed by atoms with E-state index in [0.29, 0.717) is 12.2 Å². The molecule has 1 heteroatoms. The van der Waals surface area contributed by atoms with Gasteiger partial charge in [0.15, 0.2) is 0 Å². The third-order valence-corrected chi connectivity index (χ3v) is 5.14. The molecule has 0 aliphatic heterocycles. The van der Waals surface area contributed by atoms with E-state index in [1.54, 1.807) is 0 Å². The Labute approximate surface area is 127 Å². The van der Waals surface area contributed by atoms with Crippen LogP contribution in [0.5, 0.6) is 0 Å². The summed E-state index contributed by atoms with van der Waals surface area (Å²) in [6, 6.07) is 0. The highest BCUT2D eigenvalue weighted by atomic mass is 16.1. The molecule has 0 saturated carbocycles. The fourth-order valence-corrected chi connectivity index (χ4v) is 2.75. The van der Waals surface area contributed by atoms with Gasteiger partial charge >= 0.3 is 0 Å². The minimum absolute atomic E-state index is 0.00766. The standard InChI is InChI=1S/C19H38O/c1-11-18(8,9)13-12-15(20)19(10,17(5,6)7)14-16(2,3)4/h11-14H2,1-10H3. The van der Waals surface area contributed by atoms with Crippen LogP contribution < -0.4 is 0 Å². The predicted molar refractivity (Wildman–Crippen MR) is 89.9 cm³/mol. The number of carbonyl (C=O) groups excluding carboxylic acids is 1. The van der Waals surface area contributed by atoms with Crippen molar-refractivity contribution < 1.29 is 4.79 Å². The highest BCUT2D eigenvalue weighted by Gasteiger charge is 2.45. The molecular formula is C19H38O. The van der Waals surface area contributed by atoms with Crippen LogP contribution in [0, 0.1) is 21.7 Å². The molecular weight excluding hydrogens is 244 g/mol. The van der Waals surface area contributed by atoms with E-state index in [-0.39, 0.29) is 21.7 Å². The topological polar surface area (TPSA) is 17.1 Å². The molecule has 0 spiro atoms. The molecule has 0 aliphatic rings. The maximum absolute atomic E-state index is 13.0. The van der Waals surface area contributed by atoms with Crippen molar-refractivity contribution in [1.82, 2.24) is 0 Å². The Morgan fingerprint density at radius 2 is 1.30 bits per heavy atom. The van der Waals surface area contributed by atoms with E-state index in [1.807, 2.05) is 0 Å². The summed E-state index contributed by atoms with van der Waals surface area (Å²) in [5, 5.41) is 0. The molecule has 20 heavy (non-hydrogen) atoms. The van der Waals surface area contributed by atoms with Gasteiger partial charge in [0, 0.05) is 11.8 Å². The summed E-state index contributed by atoms with van der Waals surface area (Å²) in [6.45, 7) is 22.3. The molecule has 1 unspecified atom stereocenters. The first-order valence-corrected chi connectivity index (χ1v) is 8.18. The summed E-state index contributed by atoms with van der Waals surface area (Å²) in [6.07, 6.45) is 3.80. The van der Waals surface area contributed by atoms with Crippen molar-refractivity contribution in [3.05, 3.63) is 0 Å². The Morgan fingerprint density at radius 1 is 0.850 bits per heavy atom. The summed E-state index contributed by atoms with van der Waals surface area (Å²) in [7, 11) is 0. The van der Waals surface area contributed by atoms with Crippen molar-refractivity contribution >= 4 is 5.78 Å². The van der Waals surface area contributed by atoms with Gasteiger partial charge in [-0.3, -0.25) is 4.79 Å². The van der Waals surface area contributed by atoms with Gasteiger partial charge in [-0.15, -0.1) is 0 Å². The van der Waals surface area contributed by atoms with Gasteiger partial charge in [-0.2, -0.15) is 0 Å². The van der Waals surface area contributed by atoms with Crippen LogP contribution in [0.4, 0.5) is 0 Å². The third-order valence-electron chi connectivity index (χ3n) is 5.14. The second-order valence-electron chi connectivity index (χ2n) is 9.76. The Bertz CT molecular complexity index is 325. The zero-order valence-corrected chi connectivity index (χ0v) is 15.7. The van der Waals surface area contributed by atoms with Gasteiger partial charge in [-0.25, -0.2) is 0 Å². The SMILES string of the molecule is CCC(C)(C)CCC(=O)C(C)(CC(C)(C)C)C(C)(C)C. The summed E-state index contributed by atoms with van der Waals surface area (Å²) in [5.41, 5.74) is 0.219. The maximum Gasteiger partial charge on any atom is 0.139 e. The molecule has 0 heterocycles. The van der Waals surface area contributed by atoms with E-state index < -0.39 is 0 Å². The summed E-state index contributed by atoms with van der Waals surface area (Å²) < 4.78 is 0. The zero-order valence-electron chi connectivity index (χ0n) is 15.7. The smallest absolute Gasteiger partial charge is 0.139 e. The molecule has 1 atom stereocenters. The van der Waals surface area contributed by atoms with E-state index in [9.17, 15) is 4.79 Å². The molecule has 0 aromatic heterocycles. The minimum atomic E-state index is -0.241. The van der Waals surface area contributed by atoms with Gasteiger partial charge in [0.25, 0.3) is 0 Å². The highest BCUT2D eigenvalue weighted by Crippen LogP contribution is 2.48. The van der Waals surface area contributed by atoms with Crippen molar-refractivity contribution in [3.8, 4) is 0 Å². The zero-order chi connectivity index (χ0) is 16.4. The second-order valence-corrected chi connectivity index (χ2v) is 9.76. The number of hydrogen-bond donors (Lipinski definition) is 0. The minimum Gasteiger partial charge on any atom is -0.299 e. The molecule has 0 N–H and O–H groups in total. The fourth-order valence-electron chi connectivity index (χ4n) is 2.75. The number of hydrogen-bond acceptors (Lipinski definition) is 1. The van der Waals surface area contributed by atoms with Crippen LogP contribution in [0.25, 0.3) is 0 Å². The molecule has 0 saturated heterocycles.